The summed E-state index contributed by atoms with van der Waals surface area (Å²) in [6.07, 6.45) is 0.651. The van der Waals surface area contributed by atoms with E-state index >= 15 is 0 Å². The van der Waals surface area contributed by atoms with Crippen molar-refractivity contribution in [2.75, 3.05) is 0 Å². The minimum absolute atomic E-state index is 0.321. The third kappa shape index (κ3) is 1.57. The molecule has 2 rings (SSSR count). The van der Waals surface area contributed by atoms with E-state index in [1.807, 2.05) is 19.1 Å². The second kappa shape index (κ2) is 3.40. The quantitative estimate of drug-likeness (QED) is 0.739. The van der Waals surface area contributed by atoms with Crippen LogP contribution in [0.5, 0.6) is 0 Å². The maximum absolute atomic E-state index is 11.6. The maximum atomic E-state index is 11.6. The normalized spacial score (nSPS) is 18.5. The first-order chi connectivity index (χ1) is 6.63. The molecule has 0 spiro atoms. The number of rotatable bonds is 1. The van der Waals surface area contributed by atoms with E-state index in [0.717, 1.165) is 4.90 Å². The SMILES string of the molecule is CCC1=NS(=O)(=O)c2ccccc2S1. The van der Waals surface area contributed by atoms with Crippen LogP contribution >= 0.6 is 11.8 Å². The highest BCUT2D eigenvalue weighted by molar-refractivity contribution is 8.15. The number of fused-ring (bicyclic) bond motifs is 1. The highest BCUT2D eigenvalue weighted by Gasteiger charge is 2.23. The molecule has 74 valence electrons. The summed E-state index contributed by atoms with van der Waals surface area (Å²) in [6, 6.07) is 6.94. The van der Waals surface area contributed by atoms with Crippen LogP contribution in [0.4, 0.5) is 0 Å². The highest BCUT2D eigenvalue weighted by Crippen LogP contribution is 2.34. The minimum Gasteiger partial charge on any atom is -0.199 e. The molecule has 0 fully saturated rings. The molecular weight excluding hydrogens is 218 g/mol. The summed E-state index contributed by atoms with van der Waals surface area (Å²) in [4.78, 5) is 1.10. The first-order valence-corrected chi connectivity index (χ1v) is 6.50. The van der Waals surface area contributed by atoms with E-state index in [2.05, 4.69) is 4.40 Å². The van der Waals surface area contributed by atoms with Gasteiger partial charge >= 0.3 is 0 Å². The average Bonchev–Trinajstić information content (AvgIpc) is 2.17. The third-order valence-electron chi connectivity index (χ3n) is 1.88. The van der Waals surface area contributed by atoms with Crippen molar-refractivity contribution in [1.29, 1.82) is 0 Å². The minimum atomic E-state index is -3.44. The van der Waals surface area contributed by atoms with Crippen molar-refractivity contribution in [3.05, 3.63) is 24.3 Å². The summed E-state index contributed by atoms with van der Waals surface area (Å²) in [5.74, 6) is 0. The van der Waals surface area contributed by atoms with Crippen molar-refractivity contribution in [2.24, 2.45) is 4.40 Å². The summed E-state index contributed by atoms with van der Waals surface area (Å²) < 4.78 is 27.0. The Labute approximate surface area is 87.3 Å². The summed E-state index contributed by atoms with van der Waals surface area (Å²) in [6.45, 7) is 1.90. The lowest BCUT2D eigenvalue weighted by Crippen LogP contribution is -2.08. The Morgan fingerprint density at radius 3 is 2.79 bits per heavy atom. The van der Waals surface area contributed by atoms with Crippen molar-refractivity contribution in [2.45, 2.75) is 23.1 Å². The molecule has 0 amide bonds. The number of hydrogen-bond donors (Lipinski definition) is 0. The van der Waals surface area contributed by atoms with Crippen molar-refractivity contribution >= 4 is 26.8 Å². The highest BCUT2D eigenvalue weighted by atomic mass is 32.2. The first kappa shape index (κ1) is 9.73. The number of thioether (sulfide) groups is 1. The predicted octanol–water partition coefficient (Wildman–Crippen LogP) is 2.29. The molecule has 0 saturated heterocycles. The molecule has 0 atom stereocenters. The van der Waals surface area contributed by atoms with Gasteiger partial charge in [-0.05, 0) is 18.6 Å². The van der Waals surface area contributed by atoms with Crippen LogP contribution in [0.2, 0.25) is 0 Å². The molecule has 1 aromatic carbocycles. The van der Waals surface area contributed by atoms with Crippen molar-refractivity contribution in [3.63, 3.8) is 0 Å². The Bertz CT molecular complexity index is 491. The molecule has 14 heavy (non-hydrogen) atoms. The van der Waals surface area contributed by atoms with Gasteiger partial charge in [-0.15, -0.1) is 0 Å². The molecule has 0 aromatic heterocycles. The van der Waals surface area contributed by atoms with Gasteiger partial charge in [0.15, 0.2) is 0 Å². The van der Waals surface area contributed by atoms with Crippen LogP contribution in [-0.2, 0) is 10.0 Å². The Hall–Kier alpha value is -0.810. The van der Waals surface area contributed by atoms with Crippen LogP contribution in [0.1, 0.15) is 13.3 Å². The van der Waals surface area contributed by atoms with E-state index in [1.54, 1.807) is 12.1 Å². The fraction of sp³-hybridized carbons (Fsp3) is 0.222. The zero-order valence-corrected chi connectivity index (χ0v) is 9.23. The lowest BCUT2D eigenvalue weighted by molar-refractivity contribution is 0.595. The zero-order chi connectivity index (χ0) is 10.2. The van der Waals surface area contributed by atoms with E-state index < -0.39 is 10.0 Å². The summed E-state index contributed by atoms with van der Waals surface area (Å²) in [7, 11) is -3.44. The topological polar surface area (TPSA) is 46.5 Å². The van der Waals surface area contributed by atoms with Gasteiger partial charge in [0.05, 0.1) is 5.04 Å². The number of nitrogens with zero attached hydrogens (tertiary/aromatic N) is 1. The monoisotopic (exact) mass is 227 g/mol. The van der Waals surface area contributed by atoms with Gasteiger partial charge in [0.25, 0.3) is 10.0 Å². The summed E-state index contributed by atoms with van der Waals surface area (Å²) in [5.41, 5.74) is 0. The average molecular weight is 227 g/mol. The maximum Gasteiger partial charge on any atom is 0.284 e. The van der Waals surface area contributed by atoms with E-state index in [1.165, 1.54) is 11.8 Å². The van der Waals surface area contributed by atoms with Crippen LogP contribution in [0.3, 0.4) is 0 Å². The zero-order valence-electron chi connectivity index (χ0n) is 7.60. The smallest absolute Gasteiger partial charge is 0.199 e. The van der Waals surface area contributed by atoms with Gasteiger partial charge in [-0.25, -0.2) is 0 Å². The summed E-state index contributed by atoms with van der Waals surface area (Å²) >= 11 is 1.43. The van der Waals surface area contributed by atoms with Gasteiger partial charge < -0.3 is 0 Å². The second-order valence-corrected chi connectivity index (χ2v) is 5.55. The molecule has 5 heteroatoms. The van der Waals surface area contributed by atoms with Gasteiger partial charge in [0.2, 0.25) is 0 Å². The molecule has 0 radical (unpaired) electrons. The standard InChI is InChI=1S/C9H9NO2S2/c1-2-9-10-14(11,12)8-6-4-3-5-7(8)13-9/h3-6H,2H2,1H3. The number of benzene rings is 1. The molecule has 1 aromatic rings. The van der Waals surface area contributed by atoms with Crippen LogP contribution < -0.4 is 0 Å². The lowest BCUT2D eigenvalue weighted by atomic mass is 10.4. The molecule has 1 heterocycles. The van der Waals surface area contributed by atoms with Crippen LogP contribution in [0.15, 0.2) is 38.5 Å². The van der Waals surface area contributed by atoms with E-state index in [0.29, 0.717) is 16.4 Å². The van der Waals surface area contributed by atoms with E-state index in [4.69, 9.17) is 0 Å². The predicted molar refractivity (Wildman–Crippen MR) is 57.2 cm³/mol. The summed E-state index contributed by atoms with van der Waals surface area (Å²) in [5, 5.41) is 0.656. The Kier molecular flexibility index (Phi) is 2.36. The molecule has 3 nitrogen and oxygen atoms in total. The van der Waals surface area contributed by atoms with Gasteiger partial charge in [0, 0.05) is 4.90 Å². The van der Waals surface area contributed by atoms with Crippen molar-refractivity contribution < 1.29 is 8.42 Å². The Balaban J connectivity index is 2.63. The fourth-order valence-corrected chi connectivity index (χ4v) is 3.88. The van der Waals surface area contributed by atoms with Crippen molar-refractivity contribution in [1.82, 2.24) is 0 Å². The molecular formula is C9H9NO2S2. The molecule has 0 bridgehead atoms. The van der Waals surface area contributed by atoms with Gasteiger partial charge in [-0.1, -0.05) is 30.8 Å². The van der Waals surface area contributed by atoms with Gasteiger partial charge in [-0.3, -0.25) is 0 Å². The second-order valence-electron chi connectivity index (χ2n) is 2.86. The van der Waals surface area contributed by atoms with Crippen molar-refractivity contribution in [3.8, 4) is 0 Å². The van der Waals surface area contributed by atoms with E-state index in [-0.39, 0.29) is 0 Å². The van der Waals surface area contributed by atoms with Crippen LogP contribution in [0, 0.1) is 0 Å². The molecule has 1 aliphatic rings. The number of hydrogen-bond acceptors (Lipinski definition) is 3. The molecule has 0 unspecified atom stereocenters. The van der Waals surface area contributed by atoms with Crippen LogP contribution in [-0.4, -0.2) is 13.5 Å². The number of sulfonamides is 1. The molecule has 1 aliphatic heterocycles. The molecule has 0 N–H and O–H groups in total. The Morgan fingerprint density at radius 1 is 1.36 bits per heavy atom. The van der Waals surface area contributed by atoms with Crippen LogP contribution in [0.25, 0.3) is 0 Å². The van der Waals surface area contributed by atoms with E-state index in [9.17, 15) is 8.42 Å². The molecule has 0 saturated carbocycles. The van der Waals surface area contributed by atoms with Gasteiger partial charge in [0.1, 0.15) is 4.90 Å². The lowest BCUT2D eigenvalue weighted by Gasteiger charge is -2.13. The van der Waals surface area contributed by atoms with Gasteiger partial charge in [-0.2, -0.15) is 12.8 Å². The first-order valence-electron chi connectivity index (χ1n) is 4.24. The largest absolute Gasteiger partial charge is 0.284 e. The molecule has 0 aliphatic carbocycles. The fourth-order valence-electron chi connectivity index (χ4n) is 1.21. The third-order valence-corrected chi connectivity index (χ3v) is 4.69. The Morgan fingerprint density at radius 2 is 2.07 bits per heavy atom.